The zero-order chi connectivity index (χ0) is 13.8. The zero-order valence-corrected chi connectivity index (χ0v) is 13.7. The molecule has 1 fully saturated rings. The number of sulfone groups is 1. The summed E-state index contributed by atoms with van der Waals surface area (Å²) in [5.74, 6) is -0.0401. The first-order valence-corrected chi connectivity index (χ1v) is 10.6. The fraction of sp³-hybridized carbons (Fsp3) is 1.00. The Morgan fingerprint density at radius 1 is 1.33 bits per heavy atom. The van der Waals surface area contributed by atoms with Crippen molar-refractivity contribution in [1.29, 1.82) is 0 Å². The maximum absolute atomic E-state index is 12.1. The van der Waals surface area contributed by atoms with Gasteiger partial charge in [-0.05, 0) is 25.7 Å². The highest BCUT2D eigenvalue weighted by Crippen LogP contribution is 2.19. The number of alkyl halides is 1. The monoisotopic (exact) mass is 361 g/mol. The van der Waals surface area contributed by atoms with E-state index in [9.17, 15) is 16.8 Å². The molecule has 1 atom stereocenters. The minimum atomic E-state index is -3.40. The van der Waals surface area contributed by atoms with Crippen LogP contribution in [0.15, 0.2) is 0 Å². The molecule has 1 unspecified atom stereocenters. The topological polar surface area (TPSA) is 80.3 Å². The van der Waals surface area contributed by atoms with E-state index >= 15 is 0 Å². The fourth-order valence-corrected chi connectivity index (χ4v) is 6.13. The Hall–Kier alpha value is 0.340. The van der Waals surface area contributed by atoms with Crippen molar-refractivity contribution in [3.8, 4) is 0 Å². The van der Waals surface area contributed by atoms with Gasteiger partial charge in [0.1, 0.15) is 9.84 Å². The molecule has 1 rings (SSSR count). The number of nitrogens with one attached hydrogen (secondary N) is 1. The van der Waals surface area contributed by atoms with Crippen molar-refractivity contribution in [1.82, 2.24) is 4.72 Å². The normalized spacial score (nSPS) is 22.8. The van der Waals surface area contributed by atoms with Crippen molar-refractivity contribution in [2.75, 3.05) is 16.8 Å². The molecule has 18 heavy (non-hydrogen) atoms. The van der Waals surface area contributed by atoms with E-state index in [1.165, 1.54) is 0 Å². The standard InChI is InChI=1S/C10H20BrNO4S2/c1-2-9(3-6-11)12-18(15,16)10-4-7-17(13,14)8-5-10/h9-10,12H,2-8H2,1H3. The van der Waals surface area contributed by atoms with Gasteiger partial charge in [0.05, 0.1) is 16.8 Å². The van der Waals surface area contributed by atoms with Crippen LogP contribution in [0, 0.1) is 0 Å². The molecule has 8 heteroatoms. The first-order valence-electron chi connectivity index (χ1n) is 6.08. The lowest BCUT2D eigenvalue weighted by molar-refractivity contribution is 0.511. The second-order valence-electron chi connectivity index (χ2n) is 4.60. The van der Waals surface area contributed by atoms with Gasteiger partial charge in [-0.3, -0.25) is 0 Å². The van der Waals surface area contributed by atoms with Crippen LogP contribution in [0.25, 0.3) is 0 Å². The molecule has 0 spiro atoms. The Labute approximate surface area is 118 Å². The number of hydrogen-bond donors (Lipinski definition) is 1. The van der Waals surface area contributed by atoms with Gasteiger partial charge in [0.25, 0.3) is 0 Å². The summed E-state index contributed by atoms with van der Waals surface area (Å²) in [6, 6.07) is -0.0760. The number of rotatable bonds is 6. The highest BCUT2D eigenvalue weighted by molar-refractivity contribution is 9.09. The molecule has 0 aromatic rings. The summed E-state index contributed by atoms with van der Waals surface area (Å²) in [6.45, 7) is 1.93. The molecule has 0 saturated carbocycles. The van der Waals surface area contributed by atoms with Crippen molar-refractivity contribution in [3.63, 3.8) is 0 Å². The lowest BCUT2D eigenvalue weighted by Gasteiger charge is -2.25. The Bertz CT molecular complexity index is 446. The Kier molecular flexibility index (Phi) is 6.08. The van der Waals surface area contributed by atoms with Gasteiger partial charge in [0.15, 0.2) is 0 Å². The number of halogens is 1. The molecule has 0 aromatic heterocycles. The summed E-state index contributed by atoms with van der Waals surface area (Å²) < 4.78 is 49.5. The van der Waals surface area contributed by atoms with Crippen LogP contribution in [0.1, 0.15) is 32.6 Å². The van der Waals surface area contributed by atoms with Gasteiger partial charge in [0.2, 0.25) is 10.0 Å². The molecule has 0 radical (unpaired) electrons. The third-order valence-corrected chi connectivity index (χ3v) is 7.41. The molecule has 0 aromatic carbocycles. The van der Waals surface area contributed by atoms with E-state index in [-0.39, 0.29) is 30.4 Å². The van der Waals surface area contributed by atoms with E-state index in [0.717, 1.165) is 18.2 Å². The average Bonchev–Trinajstić information content (AvgIpc) is 2.27. The number of hydrogen-bond acceptors (Lipinski definition) is 4. The van der Waals surface area contributed by atoms with Gasteiger partial charge >= 0.3 is 0 Å². The van der Waals surface area contributed by atoms with Crippen LogP contribution < -0.4 is 4.72 Å². The first kappa shape index (κ1) is 16.4. The highest BCUT2D eigenvalue weighted by atomic mass is 79.9. The molecule has 0 amide bonds. The van der Waals surface area contributed by atoms with Gasteiger partial charge in [-0.2, -0.15) is 0 Å². The molecule has 0 aliphatic carbocycles. The van der Waals surface area contributed by atoms with E-state index < -0.39 is 25.1 Å². The molecule has 108 valence electrons. The molecule has 1 heterocycles. The smallest absolute Gasteiger partial charge is 0.214 e. The third-order valence-electron chi connectivity index (χ3n) is 3.22. The van der Waals surface area contributed by atoms with Gasteiger partial charge in [-0.15, -0.1) is 0 Å². The zero-order valence-electron chi connectivity index (χ0n) is 10.4. The van der Waals surface area contributed by atoms with Crippen molar-refractivity contribution < 1.29 is 16.8 Å². The van der Waals surface area contributed by atoms with Gasteiger partial charge < -0.3 is 0 Å². The minimum Gasteiger partial charge on any atom is -0.229 e. The summed E-state index contributed by atoms with van der Waals surface area (Å²) in [6.07, 6.45) is 1.89. The van der Waals surface area contributed by atoms with Crippen molar-refractivity contribution in [3.05, 3.63) is 0 Å². The molecule has 1 N–H and O–H groups in total. The first-order chi connectivity index (χ1) is 8.30. The maximum Gasteiger partial charge on any atom is 0.214 e. The van der Waals surface area contributed by atoms with Crippen LogP contribution in [-0.2, 0) is 19.9 Å². The fourth-order valence-electron chi connectivity index (χ4n) is 1.99. The van der Waals surface area contributed by atoms with Crippen molar-refractivity contribution in [2.24, 2.45) is 0 Å². The number of sulfonamides is 1. The van der Waals surface area contributed by atoms with Crippen LogP contribution in [0.4, 0.5) is 0 Å². The van der Waals surface area contributed by atoms with Crippen LogP contribution in [-0.4, -0.2) is 45.0 Å². The SMILES string of the molecule is CCC(CCBr)NS(=O)(=O)C1CCS(=O)(=O)CC1. The molecule has 1 aliphatic heterocycles. The maximum atomic E-state index is 12.1. The van der Waals surface area contributed by atoms with Crippen molar-refractivity contribution in [2.45, 2.75) is 43.9 Å². The van der Waals surface area contributed by atoms with E-state index in [4.69, 9.17) is 0 Å². The molecule has 1 aliphatic rings. The Morgan fingerprint density at radius 3 is 2.33 bits per heavy atom. The summed E-state index contributed by atoms with van der Waals surface area (Å²) in [4.78, 5) is 0. The van der Waals surface area contributed by atoms with Crippen LogP contribution in [0.5, 0.6) is 0 Å². The molecular formula is C10H20BrNO4S2. The van der Waals surface area contributed by atoms with E-state index in [0.29, 0.717) is 0 Å². The average molecular weight is 362 g/mol. The second kappa shape index (κ2) is 6.67. The van der Waals surface area contributed by atoms with E-state index in [1.807, 2.05) is 6.92 Å². The molecule has 5 nitrogen and oxygen atoms in total. The summed E-state index contributed by atoms with van der Waals surface area (Å²) in [7, 11) is -6.42. The molecule has 0 bridgehead atoms. The second-order valence-corrected chi connectivity index (χ2v) is 9.69. The lowest BCUT2D eigenvalue weighted by atomic mass is 10.2. The predicted octanol–water partition coefficient (Wildman–Crippen LogP) is 1.05. The summed E-state index contributed by atoms with van der Waals surface area (Å²) in [5, 5.41) is 0.179. The predicted molar refractivity (Wildman–Crippen MR) is 76.2 cm³/mol. The van der Waals surface area contributed by atoms with Crippen LogP contribution in [0.2, 0.25) is 0 Å². The van der Waals surface area contributed by atoms with Crippen LogP contribution >= 0.6 is 15.9 Å². The summed E-state index contributed by atoms with van der Waals surface area (Å²) >= 11 is 3.30. The largest absolute Gasteiger partial charge is 0.229 e. The van der Waals surface area contributed by atoms with E-state index in [1.54, 1.807) is 0 Å². The highest BCUT2D eigenvalue weighted by Gasteiger charge is 2.33. The Morgan fingerprint density at radius 2 is 1.89 bits per heavy atom. The van der Waals surface area contributed by atoms with E-state index in [2.05, 4.69) is 20.7 Å². The van der Waals surface area contributed by atoms with Crippen molar-refractivity contribution >= 4 is 35.8 Å². The third kappa shape index (κ3) is 4.79. The summed E-state index contributed by atoms with van der Waals surface area (Å²) in [5.41, 5.74) is 0. The lowest BCUT2D eigenvalue weighted by Crippen LogP contribution is -2.44. The molecular weight excluding hydrogens is 342 g/mol. The minimum absolute atomic E-state index is 0.0200. The van der Waals surface area contributed by atoms with Crippen LogP contribution in [0.3, 0.4) is 0 Å². The Balaban J connectivity index is 2.64. The van der Waals surface area contributed by atoms with Gasteiger partial charge in [-0.25, -0.2) is 21.6 Å². The quantitative estimate of drug-likeness (QED) is 0.716. The van der Waals surface area contributed by atoms with Gasteiger partial charge in [-0.1, -0.05) is 22.9 Å². The molecule has 1 saturated heterocycles. The van der Waals surface area contributed by atoms with Gasteiger partial charge in [0, 0.05) is 11.4 Å².